The van der Waals surface area contributed by atoms with Crippen molar-refractivity contribution in [3.8, 4) is 0 Å². The van der Waals surface area contributed by atoms with E-state index in [-0.39, 0.29) is 50.2 Å². The zero-order chi connectivity index (χ0) is 15.6. The van der Waals surface area contributed by atoms with Gasteiger partial charge in [-0.3, -0.25) is 0 Å². The molecule has 151 valence electrons. The van der Waals surface area contributed by atoms with Crippen molar-refractivity contribution in [3.05, 3.63) is 23.7 Å². The van der Waals surface area contributed by atoms with Crippen LogP contribution in [0, 0.1) is 0 Å². The summed E-state index contributed by atoms with van der Waals surface area (Å²) in [5.41, 5.74) is 0. The molecule has 1 radical (unpaired) electrons. The summed E-state index contributed by atoms with van der Waals surface area (Å²) in [6.45, 7) is 2.73. The summed E-state index contributed by atoms with van der Waals surface area (Å²) in [5, 5.41) is 20.8. The molecule has 2 rings (SSSR count). The molecule has 12 N–H and O–H groups in total. The fourth-order valence-electron chi connectivity index (χ4n) is 1.04. The Kier molecular flexibility index (Phi) is 17.4. The Morgan fingerprint density at radius 1 is 0.760 bits per heavy atom. The topological polar surface area (TPSA) is 290 Å². The summed E-state index contributed by atoms with van der Waals surface area (Å²) < 4.78 is 55.5. The van der Waals surface area contributed by atoms with Gasteiger partial charge in [-0.1, -0.05) is 0 Å². The van der Waals surface area contributed by atoms with Gasteiger partial charge in [-0.05, 0) is 26.0 Å². The van der Waals surface area contributed by atoms with E-state index in [1.54, 1.807) is 0 Å². The monoisotopic (exact) mass is 459 g/mol. The van der Waals surface area contributed by atoms with Crippen LogP contribution in [0.5, 0.6) is 0 Å². The second-order valence-electron chi connectivity index (χ2n) is 3.39. The molecule has 0 unspecified atom stereocenters. The fourth-order valence-corrected chi connectivity index (χ4v) is 2.42. The molecule has 0 saturated heterocycles. The molecule has 2 aliphatic rings. The van der Waals surface area contributed by atoms with Gasteiger partial charge in [-0.15, -0.1) is 8.80 Å². The molecule has 0 aromatic rings. The molecule has 25 heavy (non-hydrogen) atoms. The van der Waals surface area contributed by atoms with Crippen molar-refractivity contribution in [3.63, 3.8) is 0 Å². The standard InChI is InChI=1S/2C4H5NO4S.Co.4H2O/c2*1-3-2-4(6)5-10(7,8)9-3;;;;;/h2*2H,1H3,(H,5,6);;4*1H2/q;;+2;;;;/p+2. The minimum absolute atomic E-state index is 0. The predicted molar refractivity (Wildman–Crippen MR) is 81.9 cm³/mol. The maximum atomic E-state index is 10.4. The van der Waals surface area contributed by atoms with E-state index in [1.165, 1.54) is 13.8 Å². The van der Waals surface area contributed by atoms with E-state index in [9.17, 15) is 27.0 Å². The van der Waals surface area contributed by atoms with Crippen LogP contribution in [0.15, 0.2) is 32.5 Å². The summed E-state index contributed by atoms with van der Waals surface area (Å²) in [4.78, 5) is 0. The van der Waals surface area contributed by atoms with E-state index in [0.29, 0.717) is 0 Å². The Morgan fingerprint density at radius 2 is 1.00 bits per heavy atom. The Labute approximate surface area is 153 Å². The Morgan fingerprint density at radius 3 is 1.16 bits per heavy atom. The Bertz CT molecular complexity index is 673. The summed E-state index contributed by atoms with van der Waals surface area (Å²) >= 11 is 0. The molecule has 2 heterocycles. The van der Waals surface area contributed by atoms with Gasteiger partial charge in [0.1, 0.15) is 11.5 Å². The van der Waals surface area contributed by atoms with Gasteiger partial charge in [-0.25, -0.2) is 0 Å². The van der Waals surface area contributed by atoms with E-state index in [0.717, 1.165) is 12.2 Å². The maximum absolute atomic E-state index is 10.4. The van der Waals surface area contributed by atoms with Gasteiger partial charge in [0.2, 0.25) is 0 Å². The molecular weight excluding hydrogens is 439 g/mol. The minimum atomic E-state index is -3.97. The average Bonchev–Trinajstić information content (AvgIpc) is 2.08. The van der Waals surface area contributed by atoms with E-state index in [2.05, 4.69) is 17.2 Å². The van der Waals surface area contributed by atoms with Crippen LogP contribution in [-0.2, 0) is 67.7 Å². The van der Waals surface area contributed by atoms with Crippen LogP contribution in [0.1, 0.15) is 13.8 Å². The van der Waals surface area contributed by atoms with Gasteiger partial charge in [0.25, 0.3) is 0 Å². The number of hydrogen-bond donors (Lipinski definition) is 0. The molecule has 17 heteroatoms. The predicted octanol–water partition coefficient (Wildman–Crippen LogP) is -5.84. The third-order valence-electron chi connectivity index (χ3n) is 1.53. The van der Waals surface area contributed by atoms with Crippen LogP contribution in [0.3, 0.4) is 0 Å². The zero-order valence-corrected chi connectivity index (χ0v) is 15.4. The summed E-state index contributed by atoms with van der Waals surface area (Å²) in [6.07, 6.45) is 2.00. The number of rotatable bonds is 0. The molecule has 0 atom stereocenters. The van der Waals surface area contributed by atoms with E-state index in [4.69, 9.17) is 0 Å². The van der Waals surface area contributed by atoms with Gasteiger partial charge in [0, 0.05) is 11.8 Å². The van der Waals surface area contributed by atoms with Crippen LogP contribution < -0.4 is 10.2 Å². The first-order valence-corrected chi connectivity index (χ1v) is 7.51. The zero-order valence-electron chi connectivity index (χ0n) is 12.8. The quantitative estimate of drug-likeness (QED) is 0.313. The largest absolute Gasteiger partial charge is 2.00 e. The Balaban J connectivity index is -0.0000000889. The second kappa shape index (κ2) is 12.6. The first kappa shape index (κ1) is 34.6. The molecular formula is C8H20CoN2O12S2+4. The molecule has 0 spiro atoms. The van der Waals surface area contributed by atoms with Gasteiger partial charge in [-0.2, -0.15) is 16.8 Å². The molecule has 14 nitrogen and oxygen atoms in total. The third-order valence-corrected chi connectivity index (χ3v) is 3.28. The SMILES string of the molecule is CC1=CC([O-])=NS(=O)(=O)O1.CC1=CC([O-])=NS(=O)(=O)O1.[Co+2].[OH3+].[OH3+].[OH3+].[OH3+]. The van der Waals surface area contributed by atoms with Crippen LogP contribution in [0.2, 0.25) is 0 Å². The van der Waals surface area contributed by atoms with E-state index in [1.807, 2.05) is 0 Å². The van der Waals surface area contributed by atoms with Crippen molar-refractivity contribution >= 4 is 32.4 Å². The first-order chi connectivity index (χ1) is 8.99. The molecule has 0 fully saturated rings. The van der Waals surface area contributed by atoms with Crippen molar-refractivity contribution in [2.75, 3.05) is 0 Å². The van der Waals surface area contributed by atoms with Crippen molar-refractivity contribution in [1.82, 2.24) is 0 Å². The van der Waals surface area contributed by atoms with E-state index < -0.39 is 32.4 Å². The number of allylic oxidation sites excluding steroid dienone is 2. The van der Waals surface area contributed by atoms with Crippen LogP contribution in [0.4, 0.5) is 0 Å². The van der Waals surface area contributed by atoms with Crippen molar-refractivity contribution in [1.29, 1.82) is 0 Å². The van der Waals surface area contributed by atoms with Gasteiger partial charge < -0.3 is 40.5 Å². The molecule has 0 bridgehead atoms. The van der Waals surface area contributed by atoms with Gasteiger partial charge >= 0.3 is 37.4 Å². The third kappa shape index (κ3) is 13.3. The molecule has 2 aliphatic heterocycles. The molecule has 0 aliphatic carbocycles. The van der Waals surface area contributed by atoms with Crippen LogP contribution in [0.25, 0.3) is 0 Å². The second-order valence-corrected chi connectivity index (χ2v) is 5.80. The average molecular weight is 459 g/mol. The summed E-state index contributed by atoms with van der Waals surface area (Å²) in [5.74, 6) is -1.52. The maximum Gasteiger partial charge on any atom is 2.00 e. The Hall–Kier alpha value is -1.73. The van der Waals surface area contributed by atoms with Crippen LogP contribution >= 0.6 is 0 Å². The first-order valence-electron chi connectivity index (χ1n) is 4.78. The molecule has 0 amide bonds. The van der Waals surface area contributed by atoms with E-state index >= 15 is 0 Å². The van der Waals surface area contributed by atoms with Crippen molar-refractivity contribution in [2.45, 2.75) is 13.8 Å². The van der Waals surface area contributed by atoms with Gasteiger partial charge in [0.15, 0.2) is 0 Å². The number of nitrogens with zero attached hydrogens (tertiary/aromatic N) is 2. The van der Waals surface area contributed by atoms with Crippen LogP contribution in [-0.4, -0.2) is 28.6 Å². The smallest absolute Gasteiger partial charge is 0.858 e. The fraction of sp³-hybridized carbons (Fsp3) is 0.250. The molecule has 0 aromatic carbocycles. The summed E-state index contributed by atoms with van der Waals surface area (Å²) in [6, 6.07) is 0. The van der Waals surface area contributed by atoms with Crippen molar-refractivity contribution < 1.29 is 74.1 Å². The normalized spacial score (nSPS) is 18.0. The van der Waals surface area contributed by atoms with Crippen molar-refractivity contribution in [2.24, 2.45) is 8.80 Å². The summed E-state index contributed by atoms with van der Waals surface area (Å²) in [7, 11) is -7.95. The minimum Gasteiger partial charge on any atom is -0.858 e. The molecule has 0 saturated carbocycles. The van der Waals surface area contributed by atoms with Gasteiger partial charge in [0.05, 0.1) is 0 Å². The number of hydrogen-bond acceptors (Lipinski definition) is 8. The molecule has 0 aromatic heterocycles.